The van der Waals surface area contributed by atoms with Crippen LogP contribution in [0.25, 0.3) is 0 Å². The van der Waals surface area contributed by atoms with Crippen LogP contribution in [0.2, 0.25) is 0 Å². The van der Waals surface area contributed by atoms with Crippen LogP contribution in [0.4, 0.5) is 0 Å². The van der Waals surface area contributed by atoms with Gasteiger partial charge in [0.25, 0.3) is 6.64 Å². The highest BCUT2D eigenvalue weighted by Crippen LogP contribution is 2.65. The van der Waals surface area contributed by atoms with E-state index in [0.717, 1.165) is 0 Å². The highest BCUT2D eigenvalue weighted by molar-refractivity contribution is 8.10. The van der Waals surface area contributed by atoms with Crippen molar-refractivity contribution in [1.29, 1.82) is 0 Å². The SMILES string of the molecule is S=P1(N(C2CCCCC2)C2CCCCC2)OCC2OCOC(COP(=S)(N(C3CCCCC3)C3CCCCC3)N(C3CCCCC3)C3CCCCC3)C2O1. The fourth-order valence-corrected chi connectivity index (χ4v) is 21.1. The van der Waals surface area contributed by atoms with Gasteiger partial charge in [-0.25, -0.2) is 14.0 Å². The average molecular weight is 828 g/mol. The molecule has 310 valence electrons. The van der Waals surface area contributed by atoms with Crippen LogP contribution in [0, 0.1) is 0 Å². The molecule has 8 aliphatic rings. The lowest BCUT2D eigenvalue weighted by molar-refractivity contribution is -0.246. The van der Waals surface area contributed by atoms with Crippen molar-refractivity contribution in [3.05, 3.63) is 0 Å². The zero-order valence-corrected chi connectivity index (χ0v) is 37.0. The van der Waals surface area contributed by atoms with Gasteiger partial charge in [0.1, 0.15) is 25.1 Å². The molecule has 0 amide bonds. The van der Waals surface area contributed by atoms with Crippen LogP contribution in [-0.2, 0) is 46.7 Å². The molecule has 2 saturated heterocycles. The summed E-state index contributed by atoms with van der Waals surface area (Å²) in [5, 5.41) is 0. The van der Waals surface area contributed by atoms with E-state index in [1.165, 1.54) is 193 Å². The van der Waals surface area contributed by atoms with Gasteiger partial charge < -0.3 is 23.0 Å². The minimum Gasteiger partial charge on any atom is -0.347 e. The first-order valence-electron chi connectivity index (χ1n) is 23.3. The number of hydrogen-bond donors (Lipinski definition) is 0. The maximum Gasteiger partial charge on any atom is 0.265 e. The molecule has 2 heterocycles. The highest BCUT2D eigenvalue weighted by atomic mass is 32.5. The fourth-order valence-electron chi connectivity index (χ4n) is 12.2. The molecule has 0 aromatic rings. The van der Waals surface area contributed by atoms with Crippen molar-refractivity contribution >= 4 is 36.8 Å². The van der Waals surface area contributed by atoms with Crippen LogP contribution in [0.5, 0.6) is 0 Å². The van der Waals surface area contributed by atoms with Gasteiger partial charge in [-0.3, -0.25) is 0 Å². The summed E-state index contributed by atoms with van der Waals surface area (Å²) in [4.78, 5) is 0. The van der Waals surface area contributed by atoms with Crippen LogP contribution >= 0.6 is 13.2 Å². The monoisotopic (exact) mass is 827 g/mol. The van der Waals surface area contributed by atoms with Gasteiger partial charge in [0.2, 0.25) is 6.57 Å². The molecule has 4 atom stereocenters. The number of fused-ring (bicyclic) bond motifs is 1. The molecule has 0 aromatic heterocycles. The second-order valence-electron chi connectivity index (χ2n) is 18.5. The molecule has 8 rings (SSSR count). The summed E-state index contributed by atoms with van der Waals surface area (Å²) in [7, 11) is 0. The van der Waals surface area contributed by atoms with Gasteiger partial charge >= 0.3 is 0 Å². The molecule has 8 fully saturated rings. The summed E-state index contributed by atoms with van der Waals surface area (Å²) < 4.78 is 43.2. The molecule has 0 bridgehead atoms. The van der Waals surface area contributed by atoms with Crippen molar-refractivity contribution in [3.63, 3.8) is 0 Å². The first kappa shape index (κ1) is 41.7. The van der Waals surface area contributed by atoms with E-state index >= 15 is 0 Å². The molecule has 12 heteroatoms. The van der Waals surface area contributed by atoms with Gasteiger partial charge in [0.15, 0.2) is 0 Å². The van der Waals surface area contributed by atoms with E-state index in [0.29, 0.717) is 49.5 Å². The molecular formula is C42H75N3O5P2S2. The molecule has 4 unspecified atom stereocenters. The lowest BCUT2D eigenvalue weighted by atomic mass is 9.90. The van der Waals surface area contributed by atoms with Crippen LogP contribution in [0.15, 0.2) is 0 Å². The van der Waals surface area contributed by atoms with E-state index in [2.05, 4.69) is 14.0 Å². The molecule has 0 aromatic carbocycles. The molecule has 6 saturated carbocycles. The van der Waals surface area contributed by atoms with E-state index in [4.69, 9.17) is 46.7 Å². The van der Waals surface area contributed by atoms with Crippen molar-refractivity contribution in [2.75, 3.05) is 20.0 Å². The first-order valence-corrected chi connectivity index (χ1v) is 28.5. The third-order valence-corrected chi connectivity index (χ3v) is 22.7. The molecule has 0 N–H and O–H groups in total. The van der Waals surface area contributed by atoms with Gasteiger partial charge in [0, 0.05) is 36.3 Å². The average Bonchev–Trinajstić information content (AvgIpc) is 3.23. The standard InChI is InChI=1S/C42H75N3O5P2S2/c53-51(43(34-19-7-1-8-20-34)35-21-9-2-10-22-35,44(36-23-11-3-12-24-36)37-25-13-4-14-26-37)48-31-40-42-41(47-33-46-40)32-49-52(54,50-42)45(38-27-15-5-16-28-38)39-29-17-6-18-30-39/h34-42H,1-33H2. The summed E-state index contributed by atoms with van der Waals surface area (Å²) in [6.45, 7) is -4.24. The fraction of sp³-hybridized carbons (Fsp3) is 1.00. The zero-order valence-electron chi connectivity index (χ0n) is 33.6. The van der Waals surface area contributed by atoms with Crippen LogP contribution < -0.4 is 0 Å². The number of ether oxygens (including phenoxy) is 2. The Labute approximate surface area is 339 Å². The second-order valence-corrected chi connectivity index (χ2v) is 25.4. The van der Waals surface area contributed by atoms with Crippen LogP contribution in [0.1, 0.15) is 193 Å². The zero-order chi connectivity index (χ0) is 36.8. The van der Waals surface area contributed by atoms with Crippen molar-refractivity contribution < 1.29 is 23.0 Å². The largest absolute Gasteiger partial charge is 0.347 e. The van der Waals surface area contributed by atoms with E-state index < -0.39 is 13.2 Å². The van der Waals surface area contributed by atoms with E-state index in [1.807, 2.05) is 0 Å². The molecule has 54 heavy (non-hydrogen) atoms. The van der Waals surface area contributed by atoms with Crippen molar-refractivity contribution in [3.8, 4) is 0 Å². The third kappa shape index (κ3) is 9.62. The summed E-state index contributed by atoms with van der Waals surface area (Å²) in [5.41, 5.74) is 0. The Morgan fingerprint density at radius 3 is 1.28 bits per heavy atom. The number of rotatable bonds is 12. The van der Waals surface area contributed by atoms with Crippen LogP contribution in [0.3, 0.4) is 0 Å². The van der Waals surface area contributed by atoms with Crippen molar-refractivity contribution in [1.82, 2.24) is 14.0 Å². The highest BCUT2D eigenvalue weighted by Gasteiger charge is 2.52. The smallest absolute Gasteiger partial charge is 0.265 e. The predicted octanol–water partition coefficient (Wildman–Crippen LogP) is 11.5. The summed E-state index contributed by atoms with van der Waals surface area (Å²) >= 11 is 14.1. The topological polar surface area (TPSA) is 55.9 Å². The summed E-state index contributed by atoms with van der Waals surface area (Å²) in [6.07, 6.45) is 37.9. The van der Waals surface area contributed by atoms with Gasteiger partial charge in [-0.05, 0) is 101 Å². The lowest BCUT2D eigenvalue weighted by Gasteiger charge is -2.56. The Bertz CT molecular complexity index is 1150. The third-order valence-electron chi connectivity index (χ3n) is 14.9. The Kier molecular flexibility index (Phi) is 15.5. The Morgan fingerprint density at radius 2 is 0.889 bits per heavy atom. The molecule has 8 nitrogen and oxygen atoms in total. The van der Waals surface area contributed by atoms with Crippen LogP contribution in [-0.4, -0.2) is 88.6 Å². The van der Waals surface area contributed by atoms with Gasteiger partial charge in [0.05, 0.1) is 13.2 Å². The predicted molar refractivity (Wildman–Crippen MR) is 227 cm³/mol. The maximum atomic E-state index is 7.76. The quantitative estimate of drug-likeness (QED) is 0.178. The van der Waals surface area contributed by atoms with E-state index in [1.54, 1.807) is 0 Å². The Morgan fingerprint density at radius 1 is 0.519 bits per heavy atom. The number of hydrogen-bond acceptors (Lipinski definition) is 7. The first-order chi connectivity index (χ1) is 26.5. The minimum absolute atomic E-state index is 0.193. The molecular weight excluding hydrogens is 753 g/mol. The van der Waals surface area contributed by atoms with E-state index in [-0.39, 0.29) is 25.1 Å². The minimum atomic E-state index is -2.76. The molecule has 0 radical (unpaired) electrons. The van der Waals surface area contributed by atoms with Gasteiger partial charge in [-0.2, -0.15) is 0 Å². The number of nitrogens with zero attached hydrogens (tertiary/aromatic N) is 3. The summed E-state index contributed by atoms with van der Waals surface area (Å²) in [6, 6.07) is 3.00. The summed E-state index contributed by atoms with van der Waals surface area (Å²) in [5.74, 6) is 0. The Balaban J connectivity index is 1.11. The van der Waals surface area contributed by atoms with Gasteiger partial charge in [-0.1, -0.05) is 116 Å². The normalized spacial score (nSPS) is 34.5. The van der Waals surface area contributed by atoms with Gasteiger partial charge in [-0.15, -0.1) is 0 Å². The molecule has 6 aliphatic carbocycles. The van der Waals surface area contributed by atoms with Crippen molar-refractivity contribution in [2.24, 2.45) is 0 Å². The second kappa shape index (κ2) is 20.0. The van der Waals surface area contributed by atoms with Crippen molar-refractivity contribution in [2.45, 2.75) is 247 Å². The lowest BCUT2D eigenvalue weighted by Crippen LogP contribution is -2.56. The molecule has 0 spiro atoms. The maximum absolute atomic E-state index is 7.76. The molecule has 2 aliphatic heterocycles. The Hall–Kier alpha value is 0.980. The van der Waals surface area contributed by atoms with E-state index in [9.17, 15) is 0 Å².